The first-order chi connectivity index (χ1) is 11.0. The van der Waals surface area contributed by atoms with Crippen LogP contribution in [-0.4, -0.2) is 39.4 Å². The fourth-order valence-corrected chi connectivity index (χ4v) is 1.69. The van der Waals surface area contributed by atoms with Gasteiger partial charge in [-0.3, -0.25) is 0 Å². The highest BCUT2D eigenvalue weighted by atomic mass is 16.6. The Morgan fingerprint density at radius 2 is 1.52 bits per heavy atom. The lowest BCUT2D eigenvalue weighted by atomic mass is 10.2. The smallest absolute Gasteiger partial charge is 0.343 e. The maximum absolute atomic E-state index is 11.3. The first-order valence-corrected chi connectivity index (χ1v) is 6.50. The van der Waals surface area contributed by atoms with Gasteiger partial charge >= 0.3 is 17.6 Å². The topological polar surface area (TPSA) is 101 Å². The summed E-state index contributed by atoms with van der Waals surface area (Å²) < 4.78 is 24.6. The van der Waals surface area contributed by atoms with Crippen LogP contribution in [0.4, 0.5) is 0 Å². The van der Waals surface area contributed by atoms with E-state index in [2.05, 4.69) is 9.47 Å². The van der Waals surface area contributed by atoms with Gasteiger partial charge in [-0.15, -0.1) is 0 Å². The molecule has 0 aliphatic heterocycles. The molecule has 0 amide bonds. The molecule has 0 spiro atoms. The molecule has 0 unspecified atom stereocenters. The summed E-state index contributed by atoms with van der Waals surface area (Å²) in [4.78, 5) is 33.7. The zero-order valence-electron chi connectivity index (χ0n) is 12.5. The molecule has 0 fully saturated rings. The summed E-state index contributed by atoms with van der Waals surface area (Å²) in [7, 11) is 2.45. The van der Waals surface area contributed by atoms with Gasteiger partial charge in [0.25, 0.3) is 0 Å². The van der Waals surface area contributed by atoms with E-state index in [9.17, 15) is 14.4 Å². The van der Waals surface area contributed by atoms with Gasteiger partial charge in [0.15, 0.2) is 24.7 Å². The summed E-state index contributed by atoms with van der Waals surface area (Å²) in [6.07, 6.45) is 0. The molecule has 122 valence electrons. The molecule has 0 atom stereocenters. The molecule has 8 heteroatoms. The van der Waals surface area contributed by atoms with Crippen LogP contribution in [0.5, 0.6) is 11.5 Å². The maximum Gasteiger partial charge on any atom is 0.343 e. The zero-order valence-corrected chi connectivity index (χ0v) is 12.5. The van der Waals surface area contributed by atoms with Gasteiger partial charge in [-0.1, -0.05) is 0 Å². The lowest BCUT2D eigenvalue weighted by Crippen LogP contribution is -2.15. The van der Waals surface area contributed by atoms with Crippen LogP contribution in [0.1, 0.15) is 0 Å². The molecule has 1 heterocycles. The molecule has 23 heavy (non-hydrogen) atoms. The van der Waals surface area contributed by atoms with E-state index in [1.165, 1.54) is 38.5 Å². The molecule has 1 aromatic carbocycles. The van der Waals surface area contributed by atoms with Crippen molar-refractivity contribution >= 4 is 22.9 Å². The Hall–Kier alpha value is -3.03. The number of carbonyl (C=O) groups is 2. The number of fused-ring (bicyclic) bond motifs is 1. The minimum atomic E-state index is -0.599. The minimum Gasteiger partial charge on any atom is -0.478 e. The quantitative estimate of drug-likeness (QED) is 0.571. The molecule has 0 saturated carbocycles. The van der Waals surface area contributed by atoms with Crippen LogP contribution in [-0.2, 0) is 19.1 Å². The Morgan fingerprint density at radius 1 is 0.957 bits per heavy atom. The van der Waals surface area contributed by atoms with E-state index in [-0.39, 0.29) is 30.3 Å². The number of methoxy groups -OCH3 is 2. The van der Waals surface area contributed by atoms with Crippen LogP contribution in [0, 0.1) is 0 Å². The lowest BCUT2D eigenvalue weighted by molar-refractivity contribution is -0.144. The molecule has 2 aromatic rings. The van der Waals surface area contributed by atoms with E-state index in [4.69, 9.17) is 13.9 Å². The third-order valence-corrected chi connectivity index (χ3v) is 2.83. The third kappa shape index (κ3) is 4.22. The van der Waals surface area contributed by atoms with Gasteiger partial charge in [0.2, 0.25) is 0 Å². The second kappa shape index (κ2) is 7.30. The van der Waals surface area contributed by atoms with E-state index >= 15 is 0 Å². The predicted octanol–water partition coefficient (Wildman–Crippen LogP) is 0.897. The number of carbonyl (C=O) groups excluding carboxylic acids is 2. The number of benzene rings is 1. The van der Waals surface area contributed by atoms with Crippen molar-refractivity contribution in [1.29, 1.82) is 0 Å². The van der Waals surface area contributed by atoms with Crippen molar-refractivity contribution in [3.8, 4) is 11.5 Å². The number of esters is 2. The average Bonchev–Trinajstić information content (AvgIpc) is 2.56. The van der Waals surface area contributed by atoms with Crippen molar-refractivity contribution in [2.75, 3.05) is 27.4 Å². The highest BCUT2D eigenvalue weighted by Gasteiger charge is 2.13. The van der Waals surface area contributed by atoms with Crippen LogP contribution in [0.3, 0.4) is 0 Å². The van der Waals surface area contributed by atoms with E-state index in [0.29, 0.717) is 5.39 Å². The van der Waals surface area contributed by atoms with Crippen LogP contribution in [0.15, 0.2) is 33.5 Å². The van der Waals surface area contributed by atoms with Crippen molar-refractivity contribution in [2.45, 2.75) is 0 Å². The summed E-state index contributed by atoms with van der Waals surface area (Å²) in [5.74, 6) is -0.857. The summed E-state index contributed by atoms with van der Waals surface area (Å²) in [5.41, 5.74) is -0.276. The van der Waals surface area contributed by atoms with Gasteiger partial charge in [-0.05, 0) is 12.1 Å². The fourth-order valence-electron chi connectivity index (χ4n) is 1.69. The number of hydrogen-bond donors (Lipinski definition) is 0. The van der Waals surface area contributed by atoms with Gasteiger partial charge in [-0.2, -0.15) is 0 Å². The summed E-state index contributed by atoms with van der Waals surface area (Å²) in [5, 5.41) is 0.565. The number of ether oxygens (including phenoxy) is 4. The maximum atomic E-state index is 11.3. The zero-order chi connectivity index (χ0) is 16.8. The molecule has 0 bridgehead atoms. The first kappa shape index (κ1) is 16.3. The third-order valence-electron chi connectivity index (χ3n) is 2.83. The molecule has 0 saturated heterocycles. The summed E-state index contributed by atoms with van der Waals surface area (Å²) in [6.45, 7) is -0.707. The van der Waals surface area contributed by atoms with Crippen LogP contribution >= 0.6 is 0 Å². The number of rotatable bonds is 6. The van der Waals surface area contributed by atoms with Crippen molar-refractivity contribution < 1.29 is 33.0 Å². The van der Waals surface area contributed by atoms with E-state index < -0.39 is 17.6 Å². The standard InChI is InChI=1S/C15H14O8/c1-19-14(17)7-21-11-5-9-3-4-13(16)23-10(9)6-12(11)22-8-15(18)20-2/h3-6H,7-8H2,1-2H3. The highest BCUT2D eigenvalue weighted by Crippen LogP contribution is 2.32. The van der Waals surface area contributed by atoms with Gasteiger partial charge in [0, 0.05) is 17.5 Å². The molecule has 8 nitrogen and oxygen atoms in total. The van der Waals surface area contributed by atoms with Crippen LogP contribution < -0.4 is 15.1 Å². The second-order valence-corrected chi connectivity index (χ2v) is 4.32. The summed E-state index contributed by atoms with van der Waals surface area (Å²) >= 11 is 0. The van der Waals surface area contributed by atoms with E-state index in [1.54, 1.807) is 0 Å². The highest BCUT2D eigenvalue weighted by molar-refractivity contribution is 5.81. The van der Waals surface area contributed by atoms with Gasteiger partial charge in [0.05, 0.1) is 14.2 Å². The Balaban J connectivity index is 2.34. The fraction of sp³-hybridized carbons (Fsp3) is 0.267. The van der Waals surface area contributed by atoms with Crippen molar-refractivity contribution in [1.82, 2.24) is 0 Å². The monoisotopic (exact) mass is 322 g/mol. The van der Waals surface area contributed by atoms with Crippen molar-refractivity contribution in [3.63, 3.8) is 0 Å². The van der Waals surface area contributed by atoms with E-state index in [0.717, 1.165) is 0 Å². The molecular weight excluding hydrogens is 308 g/mol. The Bertz CT molecular complexity index is 777. The predicted molar refractivity (Wildman–Crippen MR) is 77.5 cm³/mol. The number of hydrogen-bond acceptors (Lipinski definition) is 8. The van der Waals surface area contributed by atoms with Gasteiger partial charge in [0.1, 0.15) is 5.58 Å². The molecule has 0 radical (unpaired) electrons. The normalized spacial score (nSPS) is 10.2. The largest absolute Gasteiger partial charge is 0.478 e. The molecule has 0 aliphatic rings. The van der Waals surface area contributed by atoms with E-state index in [1.807, 2.05) is 0 Å². The minimum absolute atomic E-state index is 0.126. The Labute approximate surface area is 130 Å². The van der Waals surface area contributed by atoms with Gasteiger partial charge < -0.3 is 23.4 Å². The van der Waals surface area contributed by atoms with Crippen molar-refractivity contribution in [2.24, 2.45) is 0 Å². The summed E-state index contributed by atoms with van der Waals surface area (Å²) in [6, 6.07) is 5.71. The van der Waals surface area contributed by atoms with Gasteiger partial charge in [-0.25, -0.2) is 14.4 Å². The molecule has 0 aliphatic carbocycles. The lowest BCUT2D eigenvalue weighted by Gasteiger charge is -2.12. The Kier molecular flexibility index (Phi) is 5.19. The average molecular weight is 322 g/mol. The van der Waals surface area contributed by atoms with Crippen LogP contribution in [0.25, 0.3) is 11.0 Å². The molecule has 2 rings (SSSR count). The molecular formula is C15H14O8. The Morgan fingerprint density at radius 3 is 2.09 bits per heavy atom. The SMILES string of the molecule is COC(=O)COc1cc2ccc(=O)oc2cc1OCC(=O)OC. The molecule has 0 N–H and O–H groups in total. The molecule has 1 aromatic heterocycles. The van der Waals surface area contributed by atoms with Crippen LogP contribution in [0.2, 0.25) is 0 Å². The second-order valence-electron chi connectivity index (χ2n) is 4.32. The van der Waals surface area contributed by atoms with Crippen molar-refractivity contribution in [3.05, 3.63) is 34.7 Å². The first-order valence-electron chi connectivity index (χ1n) is 6.50.